The smallest absolute Gasteiger partial charge is 0.222 e. The lowest BCUT2D eigenvalue weighted by atomic mass is 10.0. The molecule has 1 fully saturated rings. The number of carbonyl (C=O) groups excluding carboxylic acids is 1. The van der Waals surface area contributed by atoms with Gasteiger partial charge in [-0.05, 0) is 30.4 Å². The Morgan fingerprint density at radius 2 is 1.89 bits per heavy atom. The highest BCUT2D eigenvalue weighted by molar-refractivity contribution is 5.76. The highest BCUT2D eigenvalue weighted by Gasteiger charge is 2.12. The van der Waals surface area contributed by atoms with Gasteiger partial charge in [0.25, 0.3) is 0 Å². The number of benzene rings is 1. The predicted molar refractivity (Wildman–Crippen MR) is 76.4 cm³/mol. The summed E-state index contributed by atoms with van der Waals surface area (Å²) < 4.78 is 0. The van der Waals surface area contributed by atoms with Gasteiger partial charge in [-0.25, -0.2) is 0 Å². The van der Waals surface area contributed by atoms with Crippen molar-refractivity contribution in [3.63, 3.8) is 0 Å². The monoisotopic (exact) mass is 248 g/mol. The number of nitrogen functional groups attached to an aromatic ring is 1. The molecular formula is C15H24N2O. The maximum atomic E-state index is 10.7. The van der Waals surface area contributed by atoms with Crippen molar-refractivity contribution in [2.45, 2.75) is 39.0 Å². The Hall–Kier alpha value is -1.51. The summed E-state index contributed by atoms with van der Waals surface area (Å²) in [7, 11) is 1.86. The molecule has 3 heteroatoms. The average molecular weight is 248 g/mol. The van der Waals surface area contributed by atoms with Crippen molar-refractivity contribution in [2.75, 3.05) is 19.3 Å². The number of likely N-dealkylation sites (tertiary alicyclic amines) is 1. The molecule has 0 aromatic heterocycles. The summed E-state index contributed by atoms with van der Waals surface area (Å²) in [5.74, 6) is 0.831. The van der Waals surface area contributed by atoms with E-state index in [2.05, 4.69) is 19.9 Å². The Morgan fingerprint density at radius 1 is 1.22 bits per heavy atom. The molecule has 3 nitrogen and oxygen atoms in total. The first-order valence-electron chi connectivity index (χ1n) is 6.60. The van der Waals surface area contributed by atoms with Crippen LogP contribution in [0.5, 0.6) is 0 Å². The molecule has 0 aliphatic carbocycles. The normalized spacial score (nSPS) is 15.3. The van der Waals surface area contributed by atoms with E-state index >= 15 is 0 Å². The summed E-state index contributed by atoms with van der Waals surface area (Å²) >= 11 is 0. The van der Waals surface area contributed by atoms with Gasteiger partial charge in [0, 0.05) is 25.7 Å². The summed E-state index contributed by atoms with van der Waals surface area (Å²) in [6.45, 7) is 5.25. The van der Waals surface area contributed by atoms with E-state index in [0.29, 0.717) is 11.8 Å². The molecule has 2 N–H and O–H groups in total. The molecule has 0 unspecified atom stereocenters. The summed E-state index contributed by atoms with van der Waals surface area (Å²) in [4.78, 5) is 12.5. The van der Waals surface area contributed by atoms with Crippen molar-refractivity contribution in [1.82, 2.24) is 4.90 Å². The first kappa shape index (κ1) is 14.6. The Balaban J connectivity index is 0.000000184. The zero-order valence-electron chi connectivity index (χ0n) is 11.6. The molecule has 0 atom stereocenters. The van der Waals surface area contributed by atoms with Gasteiger partial charge < -0.3 is 10.6 Å². The van der Waals surface area contributed by atoms with Crippen LogP contribution in [0.1, 0.15) is 44.6 Å². The average Bonchev–Trinajstić information content (AvgIpc) is 2.34. The number of anilines is 1. The molecule has 100 valence electrons. The molecule has 1 aliphatic heterocycles. The largest absolute Gasteiger partial charge is 0.398 e. The highest BCUT2D eigenvalue weighted by Crippen LogP contribution is 2.20. The minimum Gasteiger partial charge on any atom is -0.398 e. The molecule has 2 rings (SSSR count). The zero-order valence-corrected chi connectivity index (χ0v) is 11.6. The molecule has 0 bridgehead atoms. The van der Waals surface area contributed by atoms with E-state index in [1.807, 2.05) is 25.2 Å². The van der Waals surface area contributed by atoms with Crippen LogP contribution in [0.4, 0.5) is 5.69 Å². The van der Waals surface area contributed by atoms with E-state index in [4.69, 9.17) is 5.73 Å². The Labute approximate surface area is 110 Å². The number of amides is 1. The second kappa shape index (κ2) is 7.04. The zero-order chi connectivity index (χ0) is 13.5. The fraction of sp³-hybridized carbons (Fsp3) is 0.533. The number of hydrogen-bond donors (Lipinski definition) is 1. The van der Waals surface area contributed by atoms with Crippen LogP contribution in [0.15, 0.2) is 24.3 Å². The lowest BCUT2D eigenvalue weighted by Gasteiger charge is -2.21. The van der Waals surface area contributed by atoms with E-state index in [9.17, 15) is 4.79 Å². The SMILES string of the molecule is CC(C)c1ccccc1N.CN1CCCCC1=O. The van der Waals surface area contributed by atoms with Crippen molar-refractivity contribution < 1.29 is 4.79 Å². The third-order valence-electron chi connectivity index (χ3n) is 3.18. The van der Waals surface area contributed by atoms with Gasteiger partial charge in [0.1, 0.15) is 0 Å². The summed E-state index contributed by atoms with van der Waals surface area (Å²) in [5, 5.41) is 0. The molecular weight excluding hydrogens is 224 g/mol. The number of para-hydroxylation sites is 1. The van der Waals surface area contributed by atoms with Gasteiger partial charge in [0.2, 0.25) is 5.91 Å². The van der Waals surface area contributed by atoms with Crippen LogP contribution in [0, 0.1) is 0 Å². The third kappa shape index (κ3) is 4.40. The summed E-state index contributed by atoms with van der Waals surface area (Å²) in [6.07, 6.45) is 3.03. The van der Waals surface area contributed by atoms with Crippen molar-refractivity contribution in [3.8, 4) is 0 Å². The fourth-order valence-electron chi connectivity index (χ4n) is 1.98. The lowest BCUT2D eigenvalue weighted by molar-refractivity contribution is -0.131. The molecule has 0 saturated carbocycles. The number of rotatable bonds is 1. The van der Waals surface area contributed by atoms with Crippen LogP contribution < -0.4 is 5.73 Å². The Morgan fingerprint density at radius 3 is 2.28 bits per heavy atom. The van der Waals surface area contributed by atoms with Crippen LogP contribution in [0.2, 0.25) is 0 Å². The van der Waals surface area contributed by atoms with E-state index in [1.54, 1.807) is 4.90 Å². The van der Waals surface area contributed by atoms with E-state index in [1.165, 1.54) is 12.0 Å². The molecule has 1 saturated heterocycles. The van der Waals surface area contributed by atoms with E-state index in [-0.39, 0.29) is 0 Å². The minimum absolute atomic E-state index is 0.302. The van der Waals surface area contributed by atoms with Crippen LogP contribution in [0.25, 0.3) is 0 Å². The summed E-state index contributed by atoms with van der Waals surface area (Å²) in [5.41, 5.74) is 7.86. The molecule has 1 amide bonds. The van der Waals surface area contributed by atoms with Crippen molar-refractivity contribution >= 4 is 11.6 Å². The van der Waals surface area contributed by atoms with Crippen LogP contribution >= 0.6 is 0 Å². The molecule has 18 heavy (non-hydrogen) atoms. The maximum absolute atomic E-state index is 10.7. The molecule has 1 aliphatic rings. The highest BCUT2D eigenvalue weighted by atomic mass is 16.2. The van der Waals surface area contributed by atoms with Crippen molar-refractivity contribution in [1.29, 1.82) is 0 Å². The molecule has 0 spiro atoms. The lowest BCUT2D eigenvalue weighted by Crippen LogP contribution is -2.31. The number of piperidine rings is 1. The topological polar surface area (TPSA) is 46.3 Å². The van der Waals surface area contributed by atoms with Crippen molar-refractivity contribution in [3.05, 3.63) is 29.8 Å². The first-order valence-corrected chi connectivity index (χ1v) is 6.60. The van der Waals surface area contributed by atoms with Crippen molar-refractivity contribution in [2.24, 2.45) is 0 Å². The fourth-order valence-corrected chi connectivity index (χ4v) is 1.98. The molecule has 1 aromatic rings. The van der Waals surface area contributed by atoms with Gasteiger partial charge in [-0.15, -0.1) is 0 Å². The van der Waals surface area contributed by atoms with Gasteiger partial charge in [-0.3, -0.25) is 4.79 Å². The van der Waals surface area contributed by atoms with Gasteiger partial charge >= 0.3 is 0 Å². The molecule has 1 heterocycles. The Kier molecular flexibility index (Phi) is 5.69. The first-order chi connectivity index (χ1) is 8.52. The number of carbonyl (C=O) groups is 1. The van der Waals surface area contributed by atoms with Gasteiger partial charge in [0.05, 0.1) is 0 Å². The summed E-state index contributed by atoms with van der Waals surface area (Å²) in [6, 6.07) is 7.99. The number of nitrogens with zero attached hydrogens (tertiary/aromatic N) is 1. The second-order valence-corrected chi connectivity index (χ2v) is 5.06. The van der Waals surface area contributed by atoms with Gasteiger partial charge in [0.15, 0.2) is 0 Å². The van der Waals surface area contributed by atoms with E-state index in [0.717, 1.165) is 25.1 Å². The number of nitrogens with two attached hydrogens (primary N) is 1. The van der Waals surface area contributed by atoms with Gasteiger partial charge in [-0.1, -0.05) is 32.0 Å². The number of hydrogen-bond acceptors (Lipinski definition) is 2. The van der Waals surface area contributed by atoms with E-state index < -0.39 is 0 Å². The molecule has 1 aromatic carbocycles. The standard InChI is InChI=1S/C9H13N.C6H11NO/c1-7(2)8-5-3-4-6-9(8)10;1-7-5-3-2-4-6(7)8/h3-7H,10H2,1-2H3;2-5H2,1H3. The maximum Gasteiger partial charge on any atom is 0.222 e. The van der Waals surface area contributed by atoms with Crippen LogP contribution in [-0.4, -0.2) is 24.4 Å². The van der Waals surface area contributed by atoms with Crippen LogP contribution in [-0.2, 0) is 4.79 Å². The minimum atomic E-state index is 0.302. The quantitative estimate of drug-likeness (QED) is 0.776. The molecule has 0 radical (unpaired) electrons. The predicted octanol–water partition coefficient (Wildman–Crippen LogP) is 3.02. The third-order valence-corrected chi connectivity index (χ3v) is 3.18. The Bertz CT molecular complexity index is 388. The van der Waals surface area contributed by atoms with Crippen LogP contribution in [0.3, 0.4) is 0 Å². The van der Waals surface area contributed by atoms with Gasteiger partial charge in [-0.2, -0.15) is 0 Å². The second-order valence-electron chi connectivity index (χ2n) is 5.06.